The largest absolute Gasteiger partial charge is 0.496 e. The molecule has 3 rings (SSSR count). The van der Waals surface area contributed by atoms with Crippen molar-refractivity contribution < 1.29 is 23.8 Å². The molecule has 2 aromatic carbocycles. The number of hydrogen-bond acceptors (Lipinski definition) is 6. The molecule has 0 spiro atoms. The van der Waals surface area contributed by atoms with E-state index in [1.165, 1.54) is 32.3 Å². The van der Waals surface area contributed by atoms with Gasteiger partial charge in [-0.25, -0.2) is 0 Å². The third kappa shape index (κ3) is 3.93. The number of benzene rings is 2. The van der Waals surface area contributed by atoms with E-state index >= 15 is 0 Å². The van der Waals surface area contributed by atoms with E-state index in [1.54, 1.807) is 18.2 Å². The van der Waals surface area contributed by atoms with Gasteiger partial charge in [0.1, 0.15) is 11.3 Å². The quantitative estimate of drug-likeness (QED) is 0.462. The van der Waals surface area contributed by atoms with Gasteiger partial charge in [0.15, 0.2) is 16.6 Å². The molecule has 0 aliphatic carbocycles. The number of carbonyl (C=O) groups excluding carboxylic acids is 2. The first-order valence-electron chi connectivity index (χ1n) is 8.67. The number of nitrogens with zero attached hydrogens (tertiary/aromatic N) is 1. The SMILES string of the molecule is COc1cc(OC)c(OC)cc1/C=C1\C(=O)NC(=S)N(c2cccc(C)c2)C1=O. The summed E-state index contributed by atoms with van der Waals surface area (Å²) in [7, 11) is 4.49. The van der Waals surface area contributed by atoms with Crippen molar-refractivity contribution in [2.75, 3.05) is 26.2 Å². The fourth-order valence-electron chi connectivity index (χ4n) is 2.98. The van der Waals surface area contributed by atoms with Gasteiger partial charge in [-0.2, -0.15) is 0 Å². The molecule has 0 aromatic heterocycles. The predicted molar refractivity (Wildman–Crippen MR) is 113 cm³/mol. The minimum Gasteiger partial charge on any atom is -0.496 e. The molecule has 1 N–H and O–H groups in total. The van der Waals surface area contributed by atoms with Gasteiger partial charge < -0.3 is 14.2 Å². The van der Waals surface area contributed by atoms with Gasteiger partial charge in [-0.15, -0.1) is 0 Å². The van der Waals surface area contributed by atoms with Crippen molar-refractivity contribution in [3.05, 3.63) is 53.1 Å². The summed E-state index contributed by atoms with van der Waals surface area (Å²) in [6.07, 6.45) is 1.45. The van der Waals surface area contributed by atoms with Gasteiger partial charge in [0.25, 0.3) is 11.8 Å². The highest BCUT2D eigenvalue weighted by Crippen LogP contribution is 2.36. The van der Waals surface area contributed by atoms with Crippen LogP contribution in [0.4, 0.5) is 5.69 Å². The lowest BCUT2D eigenvalue weighted by Gasteiger charge is -2.29. The fourth-order valence-corrected chi connectivity index (χ4v) is 3.26. The van der Waals surface area contributed by atoms with Crippen molar-refractivity contribution in [3.63, 3.8) is 0 Å². The number of hydrogen-bond donors (Lipinski definition) is 1. The third-order valence-corrected chi connectivity index (χ3v) is 4.68. The molecule has 0 radical (unpaired) electrons. The molecular weight excluding hydrogens is 392 g/mol. The van der Waals surface area contributed by atoms with Gasteiger partial charge in [-0.05, 0) is 49.0 Å². The number of anilines is 1. The Bertz CT molecular complexity index is 1030. The molecule has 0 atom stereocenters. The monoisotopic (exact) mass is 412 g/mol. The molecule has 1 aliphatic heterocycles. The van der Waals surface area contributed by atoms with E-state index < -0.39 is 11.8 Å². The average molecular weight is 412 g/mol. The number of thiocarbonyl (C=S) groups is 1. The number of ether oxygens (including phenoxy) is 3. The Morgan fingerprint density at radius 2 is 1.62 bits per heavy atom. The summed E-state index contributed by atoms with van der Waals surface area (Å²) in [6.45, 7) is 1.91. The van der Waals surface area contributed by atoms with E-state index in [2.05, 4.69) is 5.32 Å². The van der Waals surface area contributed by atoms with Crippen LogP contribution in [0.5, 0.6) is 17.2 Å². The highest BCUT2D eigenvalue weighted by atomic mass is 32.1. The van der Waals surface area contributed by atoms with Crippen LogP contribution in [-0.4, -0.2) is 38.3 Å². The summed E-state index contributed by atoms with van der Waals surface area (Å²) in [5.74, 6) is 0.219. The molecule has 0 bridgehead atoms. The minimum absolute atomic E-state index is 0.0297. The second-order valence-corrected chi connectivity index (χ2v) is 6.63. The Hall–Kier alpha value is -3.39. The Labute approximate surface area is 173 Å². The fraction of sp³-hybridized carbons (Fsp3) is 0.190. The lowest BCUT2D eigenvalue weighted by Crippen LogP contribution is -2.54. The van der Waals surface area contributed by atoms with Crippen molar-refractivity contribution in [1.29, 1.82) is 0 Å². The van der Waals surface area contributed by atoms with Crippen LogP contribution < -0.4 is 24.4 Å². The number of aryl methyl sites for hydroxylation is 1. The van der Waals surface area contributed by atoms with Crippen molar-refractivity contribution in [1.82, 2.24) is 5.32 Å². The predicted octanol–water partition coefficient (Wildman–Crippen LogP) is 2.85. The lowest BCUT2D eigenvalue weighted by atomic mass is 10.0. The second kappa shape index (κ2) is 8.32. The van der Waals surface area contributed by atoms with Crippen molar-refractivity contribution >= 4 is 40.9 Å². The second-order valence-electron chi connectivity index (χ2n) is 6.25. The zero-order valence-corrected chi connectivity index (χ0v) is 17.3. The van der Waals surface area contributed by atoms with E-state index in [9.17, 15) is 9.59 Å². The molecule has 1 saturated heterocycles. The molecule has 1 aliphatic rings. The van der Waals surface area contributed by atoms with Crippen LogP contribution >= 0.6 is 12.2 Å². The summed E-state index contributed by atoms with van der Waals surface area (Å²) in [5.41, 5.74) is 1.94. The molecule has 7 nitrogen and oxygen atoms in total. The van der Waals surface area contributed by atoms with Crippen LogP contribution in [0.2, 0.25) is 0 Å². The topological polar surface area (TPSA) is 77.1 Å². The van der Waals surface area contributed by atoms with E-state index in [1.807, 2.05) is 25.1 Å². The highest BCUT2D eigenvalue weighted by Gasteiger charge is 2.34. The van der Waals surface area contributed by atoms with Gasteiger partial charge in [0.05, 0.1) is 27.0 Å². The van der Waals surface area contributed by atoms with E-state index in [0.717, 1.165) is 5.56 Å². The van der Waals surface area contributed by atoms with Crippen LogP contribution in [0.3, 0.4) is 0 Å². The van der Waals surface area contributed by atoms with Gasteiger partial charge in [-0.1, -0.05) is 12.1 Å². The van der Waals surface area contributed by atoms with E-state index in [4.69, 9.17) is 26.4 Å². The zero-order valence-electron chi connectivity index (χ0n) is 16.4. The smallest absolute Gasteiger partial charge is 0.270 e. The standard InChI is InChI=1S/C21H20N2O5S/c1-12-6-5-7-14(8-12)23-20(25)15(19(24)22-21(23)29)9-13-10-17(27-3)18(28-4)11-16(13)26-2/h5-11H,1-4H3,(H,22,24,29)/b15-9+. The van der Waals surface area contributed by atoms with Gasteiger partial charge >= 0.3 is 0 Å². The Kier molecular flexibility index (Phi) is 5.84. The molecule has 2 amide bonds. The third-order valence-electron chi connectivity index (χ3n) is 4.40. The summed E-state index contributed by atoms with van der Waals surface area (Å²) >= 11 is 5.23. The van der Waals surface area contributed by atoms with Crippen LogP contribution in [0.1, 0.15) is 11.1 Å². The number of nitrogens with one attached hydrogen (secondary N) is 1. The maximum absolute atomic E-state index is 13.2. The van der Waals surface area contributed by atoms with Crippen LogP contribution in [0, 0.1) is 6.92 Å². The first-order chi connectivity index (χ1) is 13.9. The molecule has 0 unspecified atom stereocenters. The Balaban J connectivity index is 2.09. The highest BCUT2D eigenvalue weighted by molar-refractivity contribution is 7.80. The lowest BCUT2D eigenvalue weighted by molar-refractivity contribution is -0.122. The summed E-state index contributed by atoms with van der Waals surface area (Å²) < 4.78 is 16.0. The molecule has 0 saturated carbocycles. The summed E-state index contributed by atoms with van der Waals surface area (Å²) in [5, 5.41) is 2.60. The summed E-state index contributed by atoms with van der Waals surface area (Å²) in [6, 6.07) is 10.6. The Morgan fingerprint density at radius 1 is 0.966 bits per heavy atom. The van der Waals surface area contributed by atoms with E-state index in [0.29, 0.717) is 28.5 Å². The van der Waals surface area contributed by atoms with Crippen LogP contribution in [0.25, 0.3) is 6.08 Å². The van der Waals surface area contributed by atoms with E-state index in [-0.39, 0.29) is 10.7 Å². The number of rotatable bonds is 5. The molecular formula is C21H20N2O5S. The van der Waals surface area contributed by atoms with Gasteiger partial charge in [-0.3, -0.25) is 19.8 Å². The normalized spacial score (nSPS) is 15.4. The van der Waals surface area contributed by atoms with Gasteiger partial charge in [0.2, 0.25) is 0 Å². The van der Waals surface area contributed by atoms with Crippen molar-refractivity contribution in [2.45, 2.75) is 6.92 Å². The molecule has 29 heavy (non-hydrogen) atoms. The van der Waals surface area contributed by atoms with Crippen molar-refractivity contribution in [2.24, 2.45) is 0 Å². The maximum atomic E-state index is 13.2. The maximum Gasteiger partial charge on any atom is 0.270 e. The first-order valence-corrected chi connectivity index (χ1v) is 9.08. The van der Waals surface area contributed by atoms with Crippen LogP contribution in [-0.2, 0) is 9.59 Å². The molecule has 150 valence electrons. The Morgan fingerprint density at radius 3 is 2.24 bits per heavy atom. The first kappa shape index (κ1) is 20.3. The average Bonchev–Trinajstić information content (AvgIpc) is 2.70. The summed E-state index contributed by atoms with van der Waals surface area (Å²) in [4.78, 5) is 27.0. The number of carbonyl (C=O) groups is 2. The van der Waals surface area contributed by atoms with Gasteiger partial charge in [0, 0.05) is 11.6 Å². The molecule has 8 heteroatoms. The number of amides is 2. The van der Waals surface area contributed by atoms with Crippen molar-refractivity contribution in [3.8, 4) is 17.2 Å². The molecule has 1 heterocycles. The zero-order chi connectivity index (χ0) is 21.1. The molecule has 1 fully saturated rings. The molecule has 2 aromatic rings. The van der Waals surface area contributed by atoms with Crippen LogP contribution in [0.15, 0.2) is 42.0 Å². The number of methoxy groups -OCH3 is 3. The minimum atomic E-state index is -0.583.